The molecule has 6 heteroatoms. The summed E-state index contributed by atoms with van der Waals surface area (Å²) in [7, 11) is 0. The zero-order chi connectivity index (χ0) is 14.4. The molecule has 0 spiro atoms. The molecule has 4 N–H and O–H groups in total. The van der Waals surface area contributed by atoms with Crippen molar-refractivity contribution in [2.45, 2.75) is 46.7 Å². The summed E-state index contributed by atoms with van der Waals surface area (Å²) in [6, 6.07) is 1.07. The Balaban J connectivity index is 2.58. The summed E-state index contributed by atoms with van der Waals surface area (Å²) in [6.45, 7) is 12.6. The van der Waals surface area contributed by atoms with Gasteiger partial charge < -0.3 is 10.7 Å². The van der Waals surface area contributed by atoms with Gasteiger partial charge in [-0.05, 0) is 34.6 Å². The van der Waals surface area contributed by atoms with E-state index in [1.165, 1.54) is 6.33 Å². The molecular formula is C13H26N6. The van der Waals surface area contributed by atoms with Crippen LogP contribution in [0.1, 0.15) is 33.3 Å². The lowest BCUT2D eigenvalue weighted by Crippen LogP contribution is -2.40. The highest BCUT2D eigenvalue weighted by molar-refractivity contribution is 5.55. The van der Waals surface area contributed by atoms with Gasteiger partial charge in [0.2, 0.25) is 0 Å². The summed E-state index contributed by atoms with van der Waals surface area (Å²) in [5.41, 5.74) is 3.51. The molecule has 0 radical (unpaired) electrons. The second-order valence-electron chi connectivity index (χ2n) is 5.19. The Bertz CT molecular complexity index is 383. The van der Waals surface area contributed by atoms with E-state index in [9.17, 15) is 0 Å². The average molecular weight is 266 g/mol. The standard InChI is InChI=1S/C13H26N6/c1-9(2)19(10(3)4)7-6-15-12-11(5)13(18-14)17-8-16-12/h8-10H,6-7,14H2,1-5H3,(H2,15,16,17,18). The second-order valence-corrected chi connectivity index (χ2v) is 5.19. The molecule has 108 valence electrons. The fraction of sp³-hybridized carbons (Fsp3) is 0.692. The summed E-state index contributed by atoms with van der Waals surface area (Å²) >= 11 is 0. The van der Waals surface area contributed by atoms with Crippen LogP contribution in [0, 0.1) is 6.92 Å². The number of hydrazine groups is 1. The second kappa shape index (κ2) is 7.25. The van der Waals surface area contributed by atoms with Gasteiger partial charge in [0.25, 0.3) is 0 Å². The van der Waals surface area contributed by atoms with Crippen LogP contribution < -0.4 is 16.6 Å². The van der Waals surface area contributed by atoms with Gasteiger partial charge in [-0.3, -0.25) is 4.90 Å². The lowest BCUT2D eigenvalue weighted by atomic mass is 10.2. The van der Waals surface area contributed by atoms with Crippen LogP contribution in [0.15, 0.2) is 6.33 Å². The number of nitrogen functional groups attached to an aromatic ring is 1. The molecule has 1 rings (SSSR count). The van der Waals surface area contributed by atoms with Crippen molar-refractivity contribution in [3.8, 4) is 0 Å². The van der Waals surface area contributed by atoms with E-state index < -0.39 is 0 Å². The van der Waals surface area contributed by atoms with Crippen molar-refractivity contribution in [2.24, 2.45) is 5.84 Å². The predicted octanol–water partition coefficient (Wildman–Crippen LogP) is 1.60. The maximum atomic E-state index is 5.40. The third kappa shape index (κ3) is 4.33. The predicted molar refractivity (Wildman–Crippen MR) is 80.0 cm³/mol. The highest BCUT2D eigenvalue weighted by atomic mass is 15.3. The number of nitrogens with one attached hydrogen (secondary N) is 2. The molecule has 6 nitrogen and oxygen atoms in total. The van der Waals surface area contributed by atoms with Crippen LogP contribution in [0.5, 0.6) is 0 Å². The number of nitrogens with two attached hydrogens (primary N) is 1. The number of aromatic nitrogens is 2. The fourth-order valence-corrected chi connectivity index (χ4v) is 2.19. The number of anilines is 2. The maximum absolute atomic E-state index is 5.40. The van der Waals surface area contributed by atoms with Crippen molar-refractivity contribution in [3.05, 3.63) is 11.9 Å². The molecule has 0 aliphatic carbocycles. The largest absolute Gasteiger partial charge is 0.368 e. The van der Waals surface area contributed by atoms with Gasteiger partial charge in [0.15, 0.2) is 0 Å². The number of hydrogen-bond acceptors (Lipinski definition) is 6. The molecule has 0 amide bonds. The first-order valence-corrected chi connectivity index (χ1v) is 6.75. The molecule has 19 heavy (non-hydrogen) atoms. The Labute approximate surface area is 115 Å². The van der Waals surface area contributed by atoms with Gasteiger partial charge in [-0.15, -0.1) is 0 Å². The van der Waals surface area contributed by atoms with E-state index in [4.69, 9.17) is 5.84 Å². The topological polar surface area (TPSA) is 79.1 Å². The average Bonchev–Trinajstić information content (AvgIpc) is 2.35. The maximum Gasteiger partial charge on any atom is 0.148 e. The molecule has 1 aromatic rings. The van der Waals surface area contributed by atoms with E-state index in [2.05, 4.69) is 53.3 Å². The molecule has 0 unspecified atom stereocenters. The lowest BCUT2D eigenvalue weighted by Gasteiger charge is -2.30. The van der Waals surface area contributed by atoms with Crippen LogP contribution in [-0.4, -0.2) is 40.0 Å². The van der Waals surface area contributed by atoms with Gasteiger partial charge in [-0.25, -0.2) is 15.8 Å². The normalized spacial score (nSPS) is 11.4. The Morgan fingerprint density at radius 3 is 2.26 bits per heavy atom. The first kappa shape index (κ1) is 15.7. The quantitative estimate of drug-likeness (QED) is 0.514. The Morgan fingerprint density at radius 2 is 1.74 bits per heavy atom. The van der Waals surface area contributed by atoms with Crippen LogP contribution in [0.4, 0.5) is 11.6 Å². The molecule has 1 heterocycles. The summed E-state index contributed by atoms with van der Waals surface area (Å²) in [5.74, 6) is 6.88. The van der Waals surface area contributed by atoms with Gasteiger partial charge in [0.1, 0.15) is 18.0 Å². The van der Waals surface area contributed by atoms with Crippen LogP contribution in [0.3, 0.4) is 0 Å². The van der Waals surface area contributed by atoms with E-state index >= 15 is 0 Å². The Kier molecular flexibility index (Phi) is 5.98. The molecule has 0 aliphatic heterocycles. The zero-order valence-corrected chi connectivity index (χ0v) is 12.6. The summed E-state index contributed by atoms with van der Waals surface area (Å²) in [4.78, 5) is 10.7. The van der Waals surface area contributed by atoms with E-state index in [1.54, 1.807) is 0 Å². The summed E-state index contributed by atoms with van der Waals surface area (Å²) in [6.07, 6.45) is 1.51. The molecule has 0 fully saturated rings. The highest BCUT2D eigenvalue weighted by Crippen LogP contribution is 2.16. The van der Waals surface area contributed by atoms with Crippen molar-refractivity contribution in [1.29, 1.82) is 0 Å². The van der Waals surface area contributed by atoms with Crippen molar-refractivity contribution < 1.29 is 0 Å². The minimum absolute atomic E-state index is 0.537. The molecular weight excluding hydrogens is 240 g/mol. The van der Waals surface area contributed by atoms with E-state index in [1.807, 2.05) is 6.92 Å². The number of hydrogen-bond donors (Lipinski definition) is 3. The smallest absolute Gasteiger partial charge is 0.148 e. The summed E-state index contributed by atoms with van der Waals surface area (Å²) < 4.78 is 0. The Morgan fingerprint density at radius 1 is 1.16 bits per heavy atom. The molecule has 0 bridgehead atoms. The molecule has 0 atom stereocenters. The third-order valence-corrected chi connectivity index (χ3v) is 3.21. The van der Waals surface area contributed by atoms with Crippen molar-refractivity contribution in [2.75, 3.05) is 23.8 Å². The van der Waals surface area contributed by atoms with Crippen molar-refractivity contribution in [1.82, 2.24) is 14.9 Å². The van der Waals surface area contributed by atoms with Gasteiger partial charge in [-0.2, -0.15) is 0 Å². The van der Waals surface area contributed by atoms with Gasteiger partial charge in [0, 0.05) is 30.7 Å². The monoisotopic (exact) mass is 266 g/mol. The molecule has 0 aliphatic rings. The van der Waals surface area contributed by atoms with E-state index in [-0.39, 0.29) is 0 Å². The third-order valence-electron chi connectivity index (χ3n) is 3.21. The van der Waals surface area contributed by atoms with Crippen molar-refractivity contribution in [3.63, 3.8) is 0 Å². The lowest BCUT2D eigenvalue weighted by molar-refractivity contribution is 0.182. The minimum atomic E-state index is 0.537. The Hall–Kier alpha value is -1.40. The van der Waals surface area contributed by atoms with Gasteiger partial charge in [0.05, 0.1) is 0 Å². The molecule has 0 aromatic carbocycles. The van der Waals surface area contributed by atoms with Gasteiger partial charge in [-0.1, -0.05) is 0 Å². The van der Waals surface area contributed by atoms with E-state index in [0.29, 0.717) is 17.9 Å². The summed E-state index contributed by atoms with van der Waals surface area (Å²) in [5, 5.41) is 3.34. The molecule has 0 saturated heterocycles. The molecule has 1 aromatic heterocycles. The van der Waals surface area contributed by atoms with Crippen LogP contribution >= 0.6 is 0 Å². The fourth-order valence-electron chi connectivity index (χ4n) is 2.19. The first-order valence-electron chi connectivity index (χ1n) is 6.75. The molecule has 0 saturated carbocycles. The number of nitrogens with zero attached hydrogens (tertiary/aromatic N) is 3. The highest BCUT2D eigenvalue weighted by Gasteiger charge is 2.13. The van der Waals surface area contributed by atoms with Gasteiger partial charge >= 0.3 is 0 Å². The zero-order valence-electron chi connectivity index (χ0n) is 12.6. The van der Waals surface area contributed by atoms with Crippen LogP contribution in [0.25, 0.3) is 0 Å². The van der Waals surface area contributed by atoms with Crippen LogP contribution in [0.2, 0.25) is 0 Å². The van der Waals surface area contributed by atoms with E-state index in [0.717, 1.165) is 24.5 Å². The SMILES string of the molecule is Cc1c(NN)ncnc1NCCN(C(C)C)C(C)C. The minimum Gasteiger partial charge on any atom is -0.368 e. The number of rotatable bonds is 7. The van der Waals surface area contributed by atoms with Crippen molar-refractivity contribution >= 4 is 11.6 Å². The first-order chi connectivity index (χ1) is 8.97. The van der Waals surface area contributed by atoms with Crippen LogP contribution in [-0.2, 0) is 0 Å².